The minimum Gasteiger partial charge on any atom is -0.495 e. The van der Waals surface area contributed by atoms with Gasteiger partial charge < -0.3 is 15.4 Å². The Hall–Kier alpha value is -1.78. The van der Waals surface area contributed by atoms with Gasteiger partial charge in [0, 0.05) is 19.3 Å². The van der Waals surface area contributed by atoms with E-state index >= 15 is 0 Å². The van der Waals surface area contributed by atoms with Crippen LogP contribution in [0, 0.1) is 0 Å². The monoisotopic (exact) mass is 262 g/mol. The number of hydrogen-bond donors (Lipinski definition) is 1. The fraction of sp³-hybridized carbons (Fsp3) is 0.571. The van der Waals surface area contributed by atoms with Crippen molar-refractivity contribution in [3.8, 4) is 5.75 Å². The van der Waals surface area contributed by atoms with Gasteiger partial charge in [0.1, 0.15) is 11.4 Å². The molecule has 1 aliphatic rings. The van der Waals surface area contributed by atoms with Crippen LogP contribution < -0.4 is 10.5 Å². The molecule has 5 heteroatoms. The number of nitrogens with zero attached hydrogens (tertiary/aromatic N) is 3. The van der Waals surface area contributed by atoms with Gasteiger partial charge in [-0.2, -0.15) is 0 Å². The zero-order valence-corrected chi connectivity index (χ0v) is 11.5. The van der Waals surface area contributed by atoms with Crippen LogP contribution in [0.5, 0.6) is 5.75 Å². The Morgan fingerprint density at radius 2 is 2.11 bits per heavy atom. The Balaban J connectivity index is 2.00. The lowest BCUT2D eigenvalue weighted by molar-refractivity contribution is 0.406. The van der Waals surface area contributed by atoms with E-state index in [4.69, 9.17) is 10.5 Å². The second-order valence-corrected chi connectivity index (χ2v) is 4.73. The summed E-state index contributed by atoms with van der Waals surface area (Å²) in [5.41, 5.74) is 6.89. The molecule has 2 rings (SSSR count). The largest absolute Gasteiger partial charge is 0.495 e. The maximum Gasteiger partial charge on any atom is 0.191 e. The second kappa shape index (κ2) is 6.97. The number of guanidine groups is 1. The van der Waals surface area contributed by atoms with Gasteiger partial charge in [-0.15, -0.1) is 0 Å². The number of nitrogens with two attached hydrogens (primary N) is 1. The highest BCUT2D eigenvalue weighted by Gasteiger charge is 2.11. The molecule has 2 heterocycles. The van der Waals surface area contributed by atoms with Crippen molar-refractivity contribution >= 4 is 5.96 Å². The Morgan fingerprint density at radius 1 is 1.37 bits per heavy atom. The van der Waals surface area contributed by atoms with Crippen LogP contribution in [0.1, 0.15) is 31.4 Å². The topological polar surface area (TPSA) is 63.7 Å². The van der Waals surface area contributed by atoms with Gasteiger partial charge in [0.2, 0.25) is 0 Å². The van der Waals surface area contributed by atoms with Crippen LogP contribution in [0.4, 0.5) is 0 Å². The number of hydrogen-bond acceptors (Lipinski definition) is 3. The summed E-state index contributed by atoms with van der Waals surface area (Å²) >= 11 is 0. The predicted molar refractivity (Wildman–Crippen MR) is 76.2 cm³/mol. The molecule has 0 spiro atoms. The van der Waals surface area contributed by atoms with Gasteiger partial charge >= 0.3 is 0 Å². The number of aromatic nitrogens is 1. The molecule has 5 nitrogen and oxygen atoms in total. The van der Waals surface area contributed by atoms with Crippen molar-refractivity contribution < 1.29 is 4.74 Å². The zero-order valence-electron chi connectivity index (χ0n) is 11.5. The Bertz CT molecular complexity index is 425. The average molecular weight is 262 g/mol. The van der Waals surface area contributed by atoms with Crippen molar-refractivity contribution in [2.75, 3.05) is 20.2 Å². The highest BCUT2D eigenvalue weighted by molar-refractivity contribution is 5.78. The number of rotatable bonds is 3. The standard InChI is InChI=1S/C14H22N4O/c1-19-13-7-6-8-16-12(13)11-17-14(15)18-9-4-2-3-5-10-18/h6-8H,2-5,9-11H2,1H3,(H2,15,17). The van der Waals surface area contributed by atoms with E-state index in [1.165, 1.54) is 25.7 Å². The molecule has 0 aliphatic carbocycles. The Kier molecular flexibility index (Phi) is 5.01. The van der Waals surface area contributed by atoms with E-state index in [2.05, 4.69) is 14.9 Å². The number of methoxy groups -OCH3 is 1. The van der Waals surface area contributed by atoms with Crippen LogP contribution in [-0.4, -0.2) is 36.0 Å². The summed E-state index contributed by atoms with van der Waals surface area (Å²) in [6.45, 7) is 2.48. The van der Waals surface area contributed by atoms with Crippen LogP contribution in [0.15, 0.2) is 23.3 Å². The van der Waals surface area contributed by atoms with Crippen molar-refractivity contribution in [1.82, 2.24) is 9.88 Å². The first kappa shape index (κ1) is 13.6. The molecule has 19 heavy (non-hydrogen) atoms. The predicted octanol–water partition coefficient (Wildman–Crippen LogP) is 1.78. The Labute approximate surface area is 114 Å². The van der Waals surface area contributed by atoms with Gasteiger partial charge in [0.25, 0.3) is 0 Å². The molecular formula is C14H22N4O. The van der Waals surface area contributed by atoms with E-state index in [1.807, 2.05) is 12.1 Å². The first-order valence-corrected chi connectivity index (χ1v) is 6.84. The van der Waals surface area contributed by atoms with E-state index in [0.29, 0.717) is 12.5 Å². The molecule has 1 aliphatic heterocycles. The Morgan fingerprint density at radius 3 is 2.79 bits per heavy atom. The normalized spacial score (nSPS) is 17.1. The van der Waals surface area contributed by atoms with Crippen LogP contribution in [0.2, 0.25) is 0 Å². The van der Waals surface area contributed by atoms with Crippen molar-refractivity contribution in [3.05, 3.63) is 24.0 Å². The molecule has 1 fully saturated rings. The van der Waals surface area contributed by atoms with E-state index in [-0.39, 0.29) is 0 Å². The minimum atomic E-state index is 0.465. The van der Waals surface area contributed by atoms with Gasteiger partial charge in [-0.3, -0.25) is 4.98 Å². The minimum absolute atomic E-state index is 0.465. The average Bonchev–Trinajstić information content (AvgIpc) is 2.74. The summed E-state index contributed by atoms with van der Waals surface area (Å²) in [7, 11) is 1.64. The molecule has 0 aromatic carbocycles. The van der Waals surface area contributed by atoms with E-state index in [9.17, 15) is 0 Å². The summed E-state index contributed by atoms with van der Waals surface area (Å²) in [6, 6.07) is 3.74. The van der Waals surface area contributed by atoms with Crippen LogP contribution >= 0.6 is 0 Å². The highest BCUT2D eigenvalue weighted by Crippen LogP contribution is 2.15. The lowest BCUT2D eigenvalue weighted by atomic mass is 10.2. The number of ether oxygens (including phenoxy) is 1. The SMILES string of the molecule is COc1cccnc1CN=C(N)N1CCCCCC1. The summed E-state index contributed by atoms with van der Waals surface area (Å²) < 4.78 is 5.26. The molecule has 0 unspecified atom stereocenters. The number of aliphatic imine (C=N–C) groups is 1. The van der Waals surface area contributed by atoms with Crippen LogP contribution in [0.25, 0.3) is 0 Å². The lowest BCUT2D eigenvalue weighted by Gasteiger charge is -2.21. The molecule has 1 aromatic rings. The third kappa shape index (κ3) is 3.84. The van der Waals surface area contributed by atoms with Crippen molar-refractivity contribution in [2.45, 2.75) is 32.2 Å². The molecule has 1 saturated heterocycles. The van der Waals surface area contributed by atoms with E-state index in [0.717, 1.165) is 24.5 Å². The second-order valence-electron chi connectivity index (χ2n) is 4.73. The third-order valence-electron chi connectivity index (χ3n) is 3.39. The van der Waals surface area contributed by atoms with Crippen molar-refractivity contribution in [2.24, 2.45) is 10.7 Å². The molecule has 104 valence electrons. The molecule has 2 N–H and O–H groups in total. The smallest absolute Gasteiger partial charge is 0.191 e. The van der Waals surface area contributed by atoms with Gasteiger partial charge in [-0.25, -0.2) is 4.99 Å². The number of pyridine rings is 1. The van der Waals surface area contributed by atoms with E-state index in [1.54, 1.807) is 13.3 Å². The summed E-state index contributed by atoms with van der Waals surface area (Å²) in [5, 5.41) is 0. The molecule has 0 radical (unpaired) electrons. The lowest BCUT2D eigenvalue weighted by Crippen LogP contribution is -2.38. The fourth-order valence-electron chi connectivity index (χ4n) is 2.28. The maximum absolute atomic E-state index is 6.06. The molecular weight excluding hydrogens is 240 g/mol. The van der Waals surface area contributed by atoms with Gasteiger partial charge in [0.15, 0.2) is 5.96 Å². The molecule has 0 saturated carbocycles. The van der Waals surface area contributed by atoms with Crippen molar-refractivity contribution in [1.29, 1.82) is 0 Å². The summed E-state index contributed by atoms with van der Waals surface area (Å²) in [5.74, 6) is 1.38. The zero-order chi connectivity index (χ0) is 13.5. The quantitative estimate of drug-likeness (QED) is 0.666. The third-order valence-corrected chi connectivity index (χ3v) is 3.39. The van der Waals surface area contributed by atoms with Gasteiger partial charge in [-0.1, -0.05) is 12.8 Å². The first-order valence-electron chi connectivity index (χ1n) is 6.84. The molecule has 0 amide bonds. The first-order chi connectivity index (χ1) is 9.31. The van der Waals surface area contributed by atoms with Crippen molar-refractivity contribution in [3.63, 3.8) is 0 Å². The van der Waals surface area contributed by atoms with Gasteiger partial charge in [0.05, 0.1) is 13.7 Å². The van der Waals surface area contributed by atoms with E-state index < -0.39 is 0 Å². The van der Waals surface area contributed by atoms with Crippen LogP contribution in [-0.2, 0) is 6.54 Å². The number of likely N-dealkylation sites (tertiary alicyclic amines) is 1. The van der Waals surface area contributed by atoms with Gasteiger partial charge in [-0.05, 0) is 25.0 Å². The maximum atomic E-state index is 6.06. The highest BCUT2D eigenvalue weighted by atomic mass is 16.5. The molecule has 0 atom stereocenters. The molecule has 0 bridgehead atoms. The summed E-state index contributed by atoms with van der Waals surface area (Å²) in [6.07, 6.45) is 6.72. The summed E-state index contributed by atoms with van der Waals surface area (Å²) in [4.78, 5) is 10.9. The van der Waals surface area contributed by atoms with Crippen LogP contribution in [0.3, 0.4) is 0 Å². The molecule has 1 aromatic heterocycles. The fourth-order valence-corrected chi connectivity index (χ4v) is 2.28.